The fourth-order valence-electron chi connectivity index (χ4n) is 10.7. The Labute approximate surface area is 481 Å². The van der Waals surface area contributed by atoms with Gasteiger partial charge in [0.2, 0.25) is 0 Å². The van der Waals surface area contributed by atoms with Crippen molar-refractivity contribution in [1.82, 2.24) is 0 Å². The molecule has 0 aliphatic carbocycles. The zero-order valence-electron chi connectivity index (χ0n) is 52.3. The molecule has 6 heteroatoms. The van der Waals surface area contributed by atoms with Crippen LogP contribution in [0.25, 0.3) is 0 Å². The number of rotatable bonds is 65. The smallest absolute Gasteiger partial charge is 0.306 e. The third-order valence-electron chi connectivity index (χ3n) is 16.0. The van der Waals surface area contributed by atoms with Gasteiger partial charge in [-0.2, -0.15) is 0 Å². The highest BCUT2D eigenvalue weighted by atomic mass is 16.6. The maximum atomic E-state index is 12.9. The van der Waals surface area contributed by atoms with Crippen LogP contribution in [0.3, 0.4) is 0 Å². The van der Waals surface area contributed by atoms with Gasteiger partial charge in [0, 0.05) is 19.3 Å². The van der Waals surface area contributed by atoms with Gasteiger partial charge >= 0.3 is 17.9 Å². The van der Waals surface area contributed by atoms with Crippen LogP contribution in [-0.4, -0.2) is 37.2 Å². The first-order valence-electron chi connectivity index (χ1n) is 34.8. The molecule has 0 aliphatic rings. The van der Waals surface area contributed by atoms with E-state index in [1.165, 1.54) is 283 Å². The summed E-state index contributed by atoms with van der Waals surface area (Å²) in [7, 11) is 0. The fraction of sp³-hybridized carbons (Fsp3) is 0.901. The summed E-state index contributed by atoms with van der Waals surface area (Å²) in [4.78, 5) is 38.4. The zero-order valence-corrected chi connectivity index (χ0v) is 52.3. The lowest BCUT2D eigenvalue weighted by Gasteiger charge is -2.18. The Hall–Kier alpha value is -2.11. The van der Waals surface area contributed by atoms with Gasteiger partial charge in [-0.15, -0.1) is 0 Å². The van der Waals surface area contributed by atoms with Gasteiger partial charge in [0.05, 0.1) is 0 Å². The van der Waals surface area contributed by atoms with Crippen LogP contribution in [0.5, 0.6) is 0 Å². The number of allylic oxidation sites excluding steroid dienone is 4. The summed E-state index contributed by atoms with van der Waals surface area (Å²) in [6, 6.07) is 0. The molecule has 0 fully saturated rings. The van der Waals surface area contributed by atoms with Gasteiger partial charge < -0.3 is 14.2 Å². The number of carbonyl (C=O) groups is 3. The maximum absolute atomic E-state index is 12.9. The number of unbranched alkanes of at least 4 members (excludes halogenated alkanes) is 50. The second-order valence-electron chi connectivity index (χ2n) is 23.8. The van der Waals surface area contributed by atoms with Crippen molar-refractivity contribution in [2.75, 3.05) is 13.2 Å². The molecule has 1 unspecified atom stereocenters. The number of hydrogen-bond donors (Lipinski definition) is 0. The van der Waals surface area contributed by atoms with Crippen LogP contribution in [-0.2, 0) is 28.6 Å². The van der Waals surface area contributed by atoms with E-state index in [9.17, 15) is 14.4 Å². The Kier molecular flexibility index (Phi) is 64.6. The second kappa shape index (κ2) is 66.4. The summed E-state index contributed by atoms with van der Waals surface area (Å²) < 4.78 is 17.0. The van der Waals surface area contributed by atoms with E-state index < -0.39 is 6.10 Å². The highest BCUT2D eigenvalue weighted by Crippen LogP contribution is 2.19. The van der Waals surface area contributed by atoms with Crippen molar-refractivity contribution in [2.24, 2.45) is 0 Å². The summed E-state index contributed by atoms with van der Waals surface area (Å²) in [5.41, 5.74) is 0. The average Bonchev–Trinajstić information content (AvgIpc) is 3.43. The molecule has 77 heavy (non-hydrogen) atoms. The van der Waals surface area contributed by atoms with E-state index >= 15 is 0 Å². The summed E-state index contributed by atoms with van der Waals surface area (Å²) >= 11 is 0. The third kappa shape index (κ3) is 64.6. The summed E-state index contributed by atoms with van der Waals surface area (Å²) in [6.07, 6.45) is 80.7. The molecule has 0 aliphatic heterocycles. The largest absolute Gasteiger partial charge is 0.462 e. The molecule has 0 spiro atoms. The Morgan fingerprint density at radius 2 is 0.468 bits per heavy atom. The molecule has 0 N–H and O–H groups in total. The molecule has 0 saturated carbocycles. The van der Waals surface area contributed by atoms with Gasteiger partial charge in [0.1, 0.15) is 13.2 Å². The molecule has 0 amide bonds. The van der Waals surface area contributed by atoms with Crippen LogP contribution in [0, 0.1) is 0 Å². The van der Waals surface area contributed by atoms with E-state index in [1.54, 1.807) is 0 Å². The minimum absolute atomic E-state index is 0.0683. The van der Waals surface area contributed by atoms with E-state index in [2.05, 4.69) is 45.1 Å². The minimum Gasteiger partial charge on any atom is -0.462 e. The lowest BCUT2D eigenvalue weighted by Crippen LogP contribution is -2.30. The van der Waals surface area contributed by atoms with Crippen molar-refractivity contribution in [3.63, 3.8) is 0 Å². The van der Waals surface area contributed by atoms with Gasteiger partial charge in [-0.3, -0.25) is 14.4 Å². The second-order valence-corrected chi connectivity index (χ2v) is 23.8. The van der Waals surface area contributed by atoms with Crippen molar-refractivity contribution in [1.29, 1.82) is 0 Å². The molecule has 0 heterocycles. The molecule has 1 atom stereocenters. The van der Waals surface area contributed by atoms with E-state index in [-0.39, 0.29) is 31.1 Å². The van der Waals surface area contributed by atoms with Gasteiger partial charge in [-0.05, 0) is 51.4 Å². The highest BCUT2D eigenvalue weighted by Gasteiger charge is 2.19. The molecule has 0 aromatic rings. The lowest BCUT2D eigenvalue weighted by molar-refractivity contribution is -0.167. The minimum atomic E-state index is -0.772. The lowest BCUT2D eigenvalue weighted by atomic mass is 10.0. The molecular formula is C71H134O6. The SMILES string of the molecule is CCCCCC/C=C\C/C=C\CCCCCCCCCC(=O)OC(COC(=O)CCCCCCCCCCCCCCC)COC(=O)CCCCCCCCCCCCCCCCCCCCCCCCCCCCCC. The number of carbonyl (C=O) groups excluding carboxylic acids is 3. The van der Waals surface area contributed by atoms with Gasteiger partial charge in [-0.1, -0.05) is 347 Å². The first-order chi connectivity index (χ1) is 38.0. The number of hydrogen-bond acceptors (Lipinski definition) is 6. The van der Waals surface area contributed by atoms with Crippen molar-refractivity contribution in [2.45, 2.75) is 399 Å². The quantitative estimate of drug-likeness (QED) is 0.0261. The first-order valence-corrected chi connectivity index (χ1v) is 34.8. The maximum Gasteiger partial charge on any atom is 0.306 e. The van der Waals surface area contributed by atoms with E-state index in [1.807, 2.05) is 0 Å². The molecule has 0 saturated heterocycles. The monoisotopic (exact) mass is 1080 g/mol. The third-order valence-corrected chi connectivity index (χ3v) is 16.0. The highest BCUT2D eigenvalue weighted by molar-refractivity contribution is 5.71. The van der Waals surface area contributed by atoms with Crippen molar-refractivity contribution in [3.8, 4) is 0 Å². The Morgan fingerprint density at radius 3 is 0.727 bits per heavy atom. The predicted molar refractivity (Wildman–Crippen MR) is 335 cm³/mol. The molecule has 0 aromatic carbocycles. The zero-order chi connectivity index (χ0) is 55.7. The van der Waals surface area contributed by atoms with Crippen molar-refractivity contribution < 1.29 is 28.6 Å². The normalized spacial score (nSPS) is 12.1. The Balaban J connectivity index is 4.18. The molecule has 0 radical (unpaired) electrons. The summed E-state index contributed by atoms with van der Waals surface area (Å²) in [5, 5.41) is 0. The van der Waals surface area contributed by atoms with Gasteiger partial charge in [0.15, 0.2) is 6.10 Å². The topological polar surface area (TPSA) is 78.9 Å². The molecule has 454 valence electrons. The van der Waals surface area contributed by atoms with E-state index in [0.29, 0.717) is 19.3 Å². The first kappa shape index (κ1) is 74.9. The molecule has 6 nitrogen and oxygen atoms in total. The van der Waals surface area contributed by atoms with E-state index in [4.69, 9.17) is 14.2 Å². The molecule has 0 bridgehead atoms. The number of ether oxygens (including phenoxy) is 3. The van der Waals surface area contributed by atoms with Crippen LogP contribution >= 0.6 is 0 Å². The predicted octanol–water partition coefficient (Wildman–Crippen LogP) is 23.8. The molecular weight excluding hydrogens is 949 g/mol. The van der Waals surface area contributed by atoms with Crippen LogP contribution in [0.2, 0.25) is 0 Å². The van der Waals surface area contributed by atoms with Gasteiger partial charge in [-0.25, -0.2) is 0 Å². The Morgan fingerprint density at radius 1 is 0.260 bits per heavy atom. The van der Waals surface area contributed by atoms with E-state index in [0.717, 1.165) is 70.6 Å². The molecule has 0 rings (SSSR count). The van der Waals surface area contributed by atoms with Crippen LogP contribution in [0.15, 0.2) is 24.3 Å². The standard InChI is InChI=1S/C71H134O6/c1-4-7-10-13-16-19-22-25-27-29-31-32-33-34-35-36-37-38-39-40-42-43-46-49-52-55-58-61-64-70(73)76-67-68(66-75-69(72)63-60-57-54-51-48-45-24-21-18-15-12-9-6-3)77-71(74)65-62-59-56-53-50-47-44-41-30-28-26-23-20-17-14-11-8-5-2/h20,23,28,30,68H,4-19,21-22,24-27,29,31-67H2,1-3H3/b23-20-,30-28-. The summed E-state index contributed by atoms with van der Waals surface area (Å²) in [5.74, 6) is -0.846. The Bertz CT molecular complexity index is 1240. The number of esters is 3. The van der Waals surface area contributed by atoms with Crippen LogP contribution in [0.1, 0.15) is 393 Å². The van der Waals surface area contributed by atoms with Crippen molar-refractivity contribution in [3.05, 3.63) is 24.3 Å². The average molecular weight is 1080 g/mol. The van der Waals surface area contributed by atoms with Crippen LogP contribution < -0.4 is 0 Å². The molecule has 0 aromatic heterocycles. The van der Waals surface area contributed by atoms with Crippen LogP contribution in [0.4, 0.5) is 0 Å². The van der Waals surface area contributed by atoms with Crippen molar-refractivity contribution >= 4 is 17.9 Å². The fourth-order valence-corrected chi connectivity index (χ4v) is 10.7. The van der Waals surface area contributed by atoms with Gasteiger partial charge in [0.25, 0.3) is 0 Å². The summed E-state index contributed by atoms with van der Waals surface area (Å²) in [6.45, 7) is 6.69.